The molecule has 0 fully saturated rings. The molecule has 0 aliphatic carbocycles. The molecule has 0 aromatic carbocycles. The van der Waals surface area contributed by atoms with Crippen LogP contribution in [0.3, 0.4) is 0 Å². The van der Waals surface area contributed by atoms with Gasteiger partial charge in [0.05, 0.1) is 12.0 Å². The summed E-state index contributed by atoms with van der Waals surface area (Å²) in [6.45, 7) is 4.32. The second-order valence-electron chi connectivity index (χ2n) is 3.52. The highest BCUT2D eigenvalue weighted by Gasteiger charge is 2.08. The molecule has 0 saturated carbocycles. The summed E-state index contributed by atoms with van der Waals surface area (Å²) < 4.78 is 7.22. The van der Waals surface area contributed by atoms with Crippen molar-refractivity contribution in [3.8, 4) is 0 Å². The standard InChI is InChI=1S/C13H13NO2/c1-2-7-14-11(5-6-12(14)10-15)9-13-4-3-8-16-13/h2-6,8,10H,1,7,9H2. The van der Waals surface area contributed by atoms with Gasteiger partial charge in [0.1, 0.15) is 5.76 Å². The van der Waals surface area contributed by atoms with Crippen molar-refractivity contribution in [3.05, 3.63) is 60.3 Å². The first-order chi connectivity index (χ1) is 7.85. The zero-order chi connectivity index (χ0) is 11.4. The molecule has 2 aromatic heterocycles. The summed E-state index contributed by atoms with van der Waals surface area (Å²) in [5.74, 6) is 0.890. The lowest BCUT2D eigenvalue weighted by atomic mass is 10.2. The monoisotopic (exact) mass is 215 g/mol. The maximum atomic E-state index is 10.8. The Morgan fingerprint density at radius 3 is 2.88 bits per heavy atom. The van der Waals surface area contributed by atoms with Crippen LogP contribution in [0.15, 0.2) is 47.6 Å². The molecule has 3 heteroatoms. The fourth-order valence-corrected chi connectivity index (χ4v) is 1.73. The molecule has 0 amide bonds. The molecule has 2 aromatic rings. The topological polar surface area (TPSA) is 35.1 Å². The van der Waals surface area contributed by atoms with Crippen LogP contribution in [-0.2, 0) is 13.0 Å². The van der Waals surface area contributed by atoms with Crippen LogP contribution >= 0.6 is 0 Å². The Morgan fingerprint density at radius 2 is 2.25 bits per heavy atom. The van der Waals surface area contributed by atoms with Crippen LogP contribution in [0.1, 0.15) is 21.9 Å². The van der Waals surface area contributed by atoms with Crippen molar-refractivity contribution in [2.24, 2.45) is 0 Å². The molecule has 0 atom stereocenters. The molecule has 0 radical (unpaired) electrons. The van der Waals surface area contributed by atoms with E-state index < -0.39 is 0 Å². The summed E-state index contributed by atoms with van der Waals surface area (Å²) in [5, 5.41) is 0. The number of carbonyl (C=O) groups is 1. The van der Waals surface area contributed by atoms with Gasteiger partial charge in [-0.15, -0.1) is 6.58 Å². The van der Waals surface area contributed by atoms with Crippen LogP contribution in [0.2, 0.25) is 0 Å². The van der Waals surface area contributed by atoms with Crippen LogP contribution in [0, 0.1) is 0 Å². The number of rotatable bonds is 5. The Labute approximate surface area is 94.0 Å². The highest BCUT2D eigenvalue weighted by Crippen LogP contribution is 2.13. The molecular weight excluding hydrogens is 202 g/mol. The number of allylic oxidation sites excluding steroid dienone is 1. The second-order valence-corrected chi connectivity index (χ2v) is 3.52. The highest BCUT2D eigenvalue weighted by atomic mass is 16.3. The van der Waals surface area contributed by atoms with Gasteiger partial charge in [-0.25, -0.2) is 0 Å². The number of furan rings is 1. The molecule has 0 aliphatic heterocycles. The molecule has 0 bridgehead atoms. The average Bonchev–Trinajstić information content (AvgIpc) is 2.91. The van der Waals surface area contributed by atoms with Crippen LogP contribution in [0.5, 0.6) is 0 Å². The quantitative estimate of drug-likeness (QED) is 0.567. The van der Waals surface area contributed by atoms with E-state index in [2.05, 4.69) is 6.58 Å². The third-order valence-electron chi connectivity index (χ3n) is 2.47. The number of nitrogens with zero attached hydrogens (tertiary/aromatic N) is 1. The van der Waals surface area contributed by atoms with E-state index in [1.165, 1.54) is 0 Å². The first-order valence-corrected chi connectivity index (χ1v) is 5.12. The lowest BCUT2D eigenvalue weighted by molar-refractivity contribution is 0.111. The fourth-order valence-electron chi connectivity index (χ4n) is 1.73. The lowest BCUT2D eigenvalue weighted by Crippen LogP contribution is -2.05. The van der Waals surface area contributed by atoms with Crippen molar-refractivity contribution in [1.29, 1.82) is 0 Å². The Kier molecular flexibility index (Phi) is 3.05. The zero-order valence-corrected chi connectivity index (χ0v) is 8.93. The van der Waals surface area contributed by atoms with Crippen molar-refractivity contribution < 1.29 is 9.21 Å². The number of aromatic nitrogens is 1. The summed E-state index contributed by atoms with van der Waals surface area (Å²) in [4.78, 5) is 10.8. The summed E-state index contributed by atoms with van der Waals surface area (Å²) in [6.07, 6.45) is 4.97. The van der Waals surface area contributed by atoms with Crippen LogP contribution < -0.4 is 0 Å². The summed E-state index contributed by atoms with van der Waals surface area (Å²) >= 11 is 0. The molecule has 0 aliphatic rings. The number of aldehydes is 1. The number of hydrogen-bond acceptors (Lipinski definition) is 2. The Hall–Kier alpha value is -2.03. The molecule has 0 saturated heterocycles. The fraction of sp³-hybridized carbons (Fsp3) is 0.154. The third kappa shape index (κ3) is 1.98. The van der Waals surface area contributed by atoms with E-state index in [-0.39, 0.29) is 0 Å². The van der Waals surface area contributed by atoms with Gasteiger partial charge in [-0.1, -0.05) is 6.08 Å². The highest BCUT2D eigenvalue weighted by molar-refractivity contribution is 5.72. The van der Waals surface area contributed by atoms with Gasteiger partial charge in [0.25, 0.3) is 0 Å². The van der Waals surface area contributed by atoms with Gasteiger partial charge in [-0.2, -0.15) is 0 Å². The van der Waals surface area contributed by atoms with Gasteiger partial charge < -0.3 is 8.98 Å². The minimum atomic E-state index is 0.636. The second kappa shape index (κ2) is 4.66. The van der Waals surface area contributed by atoms with Gasteiger partial charge in [0.15, 0.2) is 6.29 Å². The van der Waals surface area contributed by atoms with Crippen LogP contribution in [0.25, 0.3) is 0 Å². The van der Waals surface area contributed by atoms with Crippen molar-refractivity contribution in [2.45, 2.75) is 13.0 Å². The molecule has 3 nitrogen and oxygen atoms in total. The summed E-state index contributed by atoms with van der Waals surface area (Å²) in [6, 6.07) is 7.53. The van der Waals surface area contributed by atoms with Crippen molar-refractivity contribution in [1.82, 2.24) is 4.57 Å². The maximum absolute atomic E-state index is 10.8. The average molecular weight is 215 g/mol. The van der Waals surface area contributed by atoms with Crippen molar-refractivity contribution >= 4 is 6.29 Å². The smallest absolute Gasteiger partial charge is 0.166 e. The van der Waals surface area contributed by atoms with E-state index >= 15 is 0 Å². The molecule has 0 unspecified atom stereocenters. The summed E-state index contributed by atoms with van der Waals surface area (Å²) in [7, 11) is 0. The zero-order valence-electron chi connectivity index (χ0n) is 8.93. The Balaban J connectivity index is 2.29. The Bertz CT molecular complexity index is 480. The van der Waals surface area contributed by atoms with Gasteiger partial charge in [-0.05, 0) is 24.3 Å². The SMILES string of the molecule is C=CCn1c(C=O)ccc1Cc1ccco1. The molecule has 0 spiro atoms. The van der Waals surface area contributed by atoms with Gasteiger partial charge >= 0.3 is 0 Å². The largest absolute Gasteiger partial charge is 0.469 e. The van der Waals surface area contributed by atoms with E-state index in [1.54, 1.807) is 12.3 Å². The van der Waals surface area contributed by atoms with E-state index in [0.717, 1.165) is 17.7 Å². The lowest BCUT2D eigenvalue weighted by Gasteiger charge is -2.07. The normalized spacial score (nSPS) is 10.2. The molecule has 0 N–H and O–H groups in total. The Morgan fingerprint density at radius 1 is 1.38 bits per heavy atom. The predicted octanol–water partition coefficient (Wildman–Crippen LogP) is 2.67. The van der Waals surface area contributed by atoms with Crippen molar-refractivity contribution in [3.63, 3.8) is 0 Å². The molecule has 16 heavy (non-hydrogen) atoms. The van der Waals surface area contributed by atoms with Gasteiger partial charge in [0.2, 0.25) is 0 Å². The van der Waals surface area contributed by atoms with Gasteiger partial charge in [-0.3, -0.25) is 4.79 Å². The maximum Gasteiger partial charge on any atom is 0.166 e. The third-order valence-corrected chi connectivity index (χ3v) is 2.47. The van der Waals surface area contributed by atoms with Crippen LogP contribution in [-0.4, -0.2) is 10.9 Å². The molecule has 2 rings (SSSR count). The summed E-state index contributed by atoms with van der Waals surface area (Å²) in [5.41, 5.74) is 1.72. The van der Waals surface area contributed by atoms with Crippen molar-refractivity contribution in [2.75, 3.05) is 0 Å². The van der Waals surface area contributed by atoms with E-state index in [0.29, 0.717) is 18.7 Å². The minimum absolute atomic E-state index is 0.636. The molecule has 2 heterocycles. The predicted molar refractivity (Wildman–Crippen MR) is 61.5 cm³/mol. The number of carbonyl (C=O) groups excluding carboxylic acids is 1. The van der Waals surface area contributed by atoms with Gasteiger partial charge in [0, 0.05) is 18.7 Å². The van der Waals surface area contributed by atoms with E-state index in [9.17, 15) is 4.79 Å². The number of hydrogen-bond donors (Lipinski definition) is 0. The van der Waals surface area contributed by atoms with Crippen LogP contribution in [0.4, 0.5) is 0 Å². The molecule has 82 valence electrons. The molecular formula is C13H13NO2. The minimum Gasteiger partial charge on any atom is -0.469 e. The van der Waals surface area contributed by atoms with E-state index in [1.807, 2.05) is 28.8 Å². The first-order valence-electron chi connectivity index (χ1n) is 5.12. The van der Waals surface area contributed by atoms with E-state index in [4.69, 9.17) is 4.42 Å². The first kappa shape index (κ1) is 10.5.